The number of rotatable bonds is 2. The second kappa shape index (κ2) is 5.22. The van der Waals surface area contributed by atoms with Gasteiger partial charge in [0.15, 0.2) is 0 Å². The van der Waals surface area contributed by atoms with Gasteiger partial charge in [-0.05, 0) is 48.0 Å². The second-order valence-corrected chi connectivity index (χ2v) is 5.00. The molecule has 0 aliphatic carbocycles. The van der Waals surface area contributed by atoms with Gasteiger partial charge in [0.25, 0.3) is 0 Å². The topological polar surface area (TPSA) is 42.1 Å². The zero-order chi connectivity index (χ0) is 15.0. The van der Waals surface area contributed by atoms with Gasteiger partial charge < -0.3 is 9.72 Å². The van der Waals surface area contributed by atoms with E-state index in [2.05, 4.69) is 4.98 Å². The minimum Gasteiger partial charge on any atom is -0.465 e. The number of fused-ring (bicyclic) bond motifs is 1. The molecule has 0 amide bonds. The first kappa shape index (κ1) is 13.6. The SMILES string of the molecule is COC(=O)c1c(-c2ccc(F)cc2)[nH]c2ccc(Cl)cc12. The zero-order valence-electron chi connectivity index (χ0n) is 11.1. The summed E-state index contributed by atoms with van der Waals surface area (Å²) in [4.78, 5) is 15.3. The van der Waals surface area contributed by atoms with E-state index in [1.165, 1.54) is 19.2 Å². The van der Waals surface area contributed by atoms with Crippen molar-refractivity contribution in [1.29, 1.82) is 0 Å². The standard InChI is InChI=1S/C16H11ClFNO2/c1-21-16(20)14-12-8-10(17)4-7-13(12)19-15(14)9-2-5-11(18)6-3-9/h2-8,19H,1H3. The number of carbonyl (C=O) groups is 1. The van der Waals surface area contributed by atoms with Crippen LogP contribution in [-0.2, 0) is 4.74 Å². The number of esters is 1. The van der Waals surface area contributed by atoms with Crippen molar-refractivity contribution in [3.05, 3.63) is 58.9 Å². The summed E-state index contributed by atoms with van der Waals surface area (Å²) >= 11 is 6.00. The third-order valence-corrected chi connectivity index (χ3v) is 3.52. The first-order valence-corrected chi connectivity index (χ1v) is 6.63. The Hall–Kier alpha value is -2.33. The zero-order valence-corrected chi connectivity index (χ0v) is 11.9. The molecule has 1 N–H and O–H groups in total. The van der Waals surface area contributed by atoms with E-state index in [4.69, 9.17) is 16.3 Å². The molecule has 0 radical (unpaired) electrons. The number of aromatic amines is 1. The van der Waals surface area contributed by atoms with E-state index < -0.39 is 5.97 Å². The number of ether oxygens (including phenoxy) is 1. The number of hydrogen-bond donors (Lipinski definition) is 1. The fraction of sp³-hybridized carbons (Fsp3) is 0.0625. The molecular weight excluding hydrogens is 293 g/mol. The molecule has 1 heterocycles. The maximum absolute atomic E-state index is 13.1. The summed E-state index contributed by atoms with van der Waals surface area (Å²) in [5.74, 6) is -0.805. The smallest absolute Gasteiger partial charge is 0.340 e. The monoisotopic (exact) mass is 303 g/mol. The number of hydrogen-bond acceptors (Lipinski definition) is 2. The van der Waals surface area contributed by atoms with Crippen molar-refractivity contribution in [2.24, 2.45) is 0 Å². The summed E-state index contributed by atoms with van der Waals surface area (Å²) < 4.78 is 17.9. The number of benzene rings is 2. The van der Waals surface area contributed by atoms with Crippen LogP contribution >= 0.6 is 11.6 Å². The predicted octanol–water partition coefficient (Wildman–Crippen LogP) is 4.41. The van der Waals surface area contributed by atoms with Gasteiger partial charge in [-0.2, -0.15) is 0 Å². The Morgan fingerprint density at radius 2 is 1.90 bits per heavy atom. The lowest BCUT2D eigenvalue weighted by molar-refractivity contribution is 0.0604. The van der Waals surface area contributed by atoms with Crippen LogP contribution in [0.15, 0.2) is 42.5 Å². The molecule has 0 bridgehead atoms. The van der Waals surface area contributed by atoms with E-state index in [0.29, 0.717) is 27.2 Å². The normalized spacial score (nSPS) is 10.8. The summed E-state index contributed by atoms with van der Waals surface area (Å²) in [6.45, 7) is 0. The number of carbonyl (C=O) groups excluding carboxylic acids is 1. The van der Waals surface area contributed by atoms with Gasteiger partial charge in [0.05, 0.1) is 18.4 Å². The molecule has 106 valence electrons. The Morgan fingerprint density at radius 3 is 2.57 bits per heavy atom. The number of nitrogens with one attached hydrogen (secondary N) is 1. The number of aromatic nitrogens is 1. The lowest BCUT2D eigenvalue weighted by Crippen LogP contribution is -2.02. The Kier molecular flexibility index (Phi) is 3.39. The van der Waals surface area contributed by atoms with Crippen LogP contribution < -0.4 is 0 Å². The van der Waals surface area contributed by atoms with E-state index in [-0.39, 0.29) is 5.82 Å². The largest absolute Gasteiger partial charge is 0.465 e. The summed E-state index contributed by atoms with van der Waals surface area (Å²) in [5, 5.41) is 1.20. The van der Waals surface area contributed by atoms with Crippen molar-refractivity contribution in [2.75, 3.05) is 7.11 Å². The quantitative estimate of drug-likeness (QED) is 0.712. The minimum atomic E-state index is -0.470. The van der Waals surface area contributed by atoms with E-state index >= 15 is 0 Å². The molecule has 21 heavy (non-hydrogen) atoms. The van der Waals surface area contributed by atoms with E-state index in [1.807, 2.05) is 0 Å². The highest BCUT2D eigenvalue weighted by molar-refractivity contribution is 6.31. The van der Waals surface area contributed by atoms with Crippen molar-refractivity contribution >= 4 is 28.5 Å². The average molecular weight is 304 g/mol. The fourth-order valence-electron chi connectivity index (χ4n) is 2.31. The van der Waals surface area contributed by atoms with Crippen molar-refractivity contribution in [3.63, 3.8) is 0 Å². The third-order valence-electron chi connectivity index (χ3n) is 3.28. The van der Waals surface area contributed by atoms with Crippen LogP contribution in [0.1, 0.15) is 10.4 Å². The van der Waals surface area contributed by atoms with E-state index in [1.54, 1.807) is 30.3 Å². The summed E-state index contributed by atoms with van der Waals surface area (Å²) in [5.41, 5.74) is 2.43. The lowest BCUT2D eigenvalue weighted by atomic mass is 10.1. The molecule has 5 heteroatoms. The Morgan fingerprint density at radius 1 is 1.19 bits per heavy atom. The van der Waals surface area contributed by atoms with Crippen molar-refractivity contribution in [2.45, 2.75) is 0 Å². The van der Waals surface area contributed by atoms with Crippen LogP contribution in [-0.4, -0.2) is 18.1 Å². The third kappa shape index (κ3) is 2.38. The fourth-order valence-corrected chi connectivity index (χ4v) is 2.48. The number of methoxy groups -OCH3 is 1. The van der Waals surface area contributed by atoms with Gasteiger partial charge in [-0.1, -0.05) is 11.6 Å². The first-order chi connectivity index (χ1) is 10.1. The highest BCUT2D eigenvalue weighted by atomic mass is 35.5. The molecule has 0 unspecified atom stereocenters. The predicted molar refractivity (Wildman–Crippen MR) is 80.0 cm³/mol. The van der Waals surface area contributed by atoms with Gasteiger partial charge >= 0.3 is 5.97 Å². The molecule has 3 nitrogen and oxygen atoms in total. The first-order valence-electron chi connectivity index (χ1n) is 6.25. The van der Waals surface area contributed by atoms with Crippen LogP contribution in [0.5, 0.6) is 0 Å². The van der Waals surface area contributed by atoms with Gasteiger partial charge in [-0.3, -0.25) is 0 Å². The van der Waals surface area contributed by atoms with Gasteiger partial charge in [0, 0.05) is 15.9 Å². The summed E-state index contributed by atoms with van der Waals surface area (Å²) in [7, 11) is 1.32. The van der Waals surface area contributed by atoms with Gasteiger partial charge in [-0.15, -0.1) is 0 Å². The van der Waals surface area contributed by atoms with Crippen LogP contribution in [0.2, 0.25) is 5.02 Å². The van der Waals surface area contributed by atoms with Crippen molar-refractivity contribution in [1.82, 2.24) is 4.98 Å². The molecule has 0 spiro atoms. The molecule has 3 aromatic rings. The molecule has 0 atom stereocenters. The molecule has 0 aliphatic heterocycles. The van der Waals surface area contributed by atoms with Crippen LogP contribution in [0.4, 0.5) is 4.39 Å². The maximum Gasteiger partial charge on any atom is 0.340 e. The molecule has 2 aromatic carbocycles. The van der Waals surface area contributed by atoms with Gasteiger partial charge in [-0.25, -0.2) is 9.18 Å². The molecule has 1 aromatic heterocycles. The maximum atomic E-state index is 13.1. The number of H-pyrrole nitrogens is 1. The highest BCUT2D eigenvalue weighted by Gasteiger charge is 2.20. The Bertz CT molecular complexity index is 824. The Labute approximate surface area is 125 Å². The van der Waals surface area contributed by atoms with Gasteiger partial charge in [0.1, 0.15) is 5.82 Å². The van der Waals surface area contributed by atoms with Crippen LogP contribution in [0, 0.1) is 5.82 Å². The summed E-state index contributed by atoms with van der Waals surface area (Å²) in [6, 6.07) is 11.1. The highest BCUT2D eigenvalue weighted by Crippen LogP contribution is 2.32. The van der Waals surface area contributed by atoms with Crippen molar-refractivity contribution in [3.8, 4) is 11.3 Å². The van der Waals surface area contributed by atoms with Crippen LogP contribution in [0.25, 0.3) is 22.2 Å². The van der Waals surface area contributed by atoms with Crippen LogP contribution in [0.3, 0.4) is 0 Å². The molecular formula is C16H11ClFNO2. The van der Waals surface area contributed by atoms with E-state index in [0.717, 1.165) is 5.52 Å². The van der Waals surface area contributed by atoms with Gasteiger partial charge in [0.2, 0.25) is 0 Å². The van der Waals surface area contributed by atoms with E-state index in [9.17, 15) is 9.18 Å². The molecule has 3 rings (SSSR count). The molecule has 0 saturated heterocycles. The number of halogens is 2. The lowest BCUT2D eigenvalue weighted by Gasteiger charge is -2.03. The second-order valence-electron chi connectivity index (χ2n) is 4.56. The van der Waals surface area contributed by atoms with Crippen molar-refractivity contribution < 1.29 is 13.9 Å². The molecule has 0 saturated carbocycles. The molecule has 0 fully saturated rings. The molecule has 0 aliphatic rings. The minimum absolute atomic E-state index is 0.336. The Balaban J connectivity index is 2.30. The average Bonchev–Trinajstić information content (AvgIpc) is 2.85. The summed E-state index contributed by atoms with van der Waals surface area (Å²) in [6.07, 6.45) is 0.